The Bertz CT molecular complexity index is 869. The number of thiocarbonyl (C=S) groups is 1. The molecule has 1 heterocycles. The molecule has 0 saturated carbocycles. The Morgan fingerprint density at radius 1 is 1.04 bits per heavy atom. The van der Waals surface area contributed by atoms with E-state index in [1.54, 1.807) is 30.1 Å². The molecule has 132 valence electrons. The minimum atomic E-state index is -0.253. The van der Waals surface area contributed by atoms with E-state index in [0.29, 0.717) is 16.7 Å². The molecule has 7 heteroatoms. The van der Waals surface area contributed by atoms with Crippen molar-refractivity contribution in [1.82, 2.24) is 10.3 Å². The first-order valence-electron chi connectivity index (χ1n) is 7.77. The molecule has 0 radical (unpaired) electrons. The molecular weight excluding hydrogens is 389 g/mol. The van der Waals surface area contributed by atoms with E-state index in [1.807, 2.05) is 36.4 Å². The zero-order valence-corrected chi connectivity index (χ0v) is 16.0. The monoisotopic (exact) mass is 403 g/mol. The molecule has 2 aromatic carbocycles. The minimum Gasteiger partial charge on any atom is -0.358 e. The van der Waals surface area contributed by atoms with Crippen molar-refractivity contribution in [1.29, 1.82) is 0 Å². The summed E-state index contributed by atoms with van der Waals surface area (Å²) in [6, 6.07) is 17.7. The SMILES string of the molecule is Fc1ccc(CNC(=S)Nc2ccc(Sc3ccc(Cl)cc3)nc2)cc1. The number of rotatable bonds is 5. The van der Waals surface area contributed by atoms with Gasteiger partial charge in [0, 0.05) is 16.5 Å². The van der Waals surface area contributed by atoms with Crippen molar-refractivity contribution in [3.8, 4) is 0 Å². The van der Waals surface area contributed by atoms with Crippen molar-refractivity contribution < 1.29 is 4.39 Å². The quantitative estimate of drug-likeness (QED) is 0.549. The van der Waals surface area contributed by atoms with E-state index in [2.05, 4.69) is 15.6 Å². The molecule has 0 unspecified atom stereocenters. The van der Waals surface area contributed by atoms with Crippen molar-refractivity contribution in [2.24, 2.45) is 0 Å². The average molecular weight is 404 g/mol. The highest BCUT2D eigenvalue weighted by molar-refractivity contribution is 7.99. The van der Waals surface area contributed by atoms with Gasteiger partial charge in [0.05, 0.1) is 11.9 Å². The lowest BCUT2D eigenvalue weighted by Crippen LogP contribution is -2.27. The molecule has 1 aromatic heterocycles. The van der Waals surface area contributed by atoms with Crippen LogP contribution in [-0.2, 0) is 6.54 Å². The van der Waals surface area contributed by atoms with E-state index in [9.17, 15) is 4.39 Å². The van der Waals surface area contributed by atoms with Crippen LogP contribution in [-0.4, -0.2) is 10.1 Å². The number of benzene rings is 2. The third-order valence-electron chi connectivity index (χ3n) is 3.40. The van der Waals surface area contributed by atoms with E-state index in [1.165, 1.54) is 12.1 Å². The lowest BCUT2D eigenvalue weighted by molar-refractivity contribution is 0.627. The highest BCUT2D eigenvalue weighted by atomic mass is 35.5. The van der Waals surface area contributed by atoms with Gasteiger partial charge in [-0.1, -0.05) is 35.5 Å². The molecule has 3 aromatic rings. The summed E-state index contributed by atoms with van der Waals surface area (Å²) in [6.07, 6.45) is 1.73. The Labute approximate surface area is 166 Å². The van der Waals surface area contributed by atoms with E-state index < -0.39 is 0 Å². The van der Waals surface area contributed by atoms with E-state index in [-0.39, 0.29) is 5.82 Å². The molecule has 0 bridgehead atoms. The molecular formula is C19H15ClFN3S2. The summed E-state index contributed by atoms with van der Waals surface area (Å²) >= 11 is 12.7. The standard InChI is InChI=1S/C19H15ClFN3S2/c20-14-3-8-17(9-4-14)26-18-10-7-16(12-22-18)24-19(25)23-11-13-1-5-15(21)6-2-13/h1-10,12H,11H2,(H2,23,24,25). The van der Waals surface area contributed by atoms with Crippen LogP contribution in [0.25, 0.3) is 0 Å². The van der Waals surface area contributed by atoms with Crippen molar-refractivity contribution in [3.63, 3.8) is 0 Å². The molecule has 0 saturated heterocycles. The summed E-state index contributed by atoms with van der Waals surface area (Å²) in [4.78, 5) is 5.48. The molecule has 2 N–H and O–H groups in total. The van der Waals surface area contributed by atoms with Gasteiger partial charge in [-0.25, -0.2) is 9.37 Å². The summed E-state index contributed by atoms with van der Waals surface area (Å²) in [5.41, 5.74) is 1.74. The second kappa shape index (κ2) is 8.98. The predicted octanol–water partition coefficient (Wildman–Crippen LogP) is 5.51. The molecule has 26 heavy (non-hydrogen) atoms. The van der Waals surface area contributed by atoms with Crippen LogP contribution in [0.15, 0.2) is 76.8 Å². The van der Waals surface area contributed by atoms with Crippen LogP contribution in [0.2, 0.25) is 5.02 Å². The fourth-order valence-electron chi connectivity index (χ4n) is 2.10. The number of aromatic nitrogens is 1. The molecule has 3 rings (SSSR count). The third kappa shape index (κ3) is 5.69. The van der Waals surface area contributed by atoms with Gasteiger partial charge in [0.25, 0.3) is 0 Å². The van der Waals surface area contributed by atoms with Gasteiger partial charge in [-0.3, -0.25) is 0 Å². The second-order valence-electron chi connectivity index (χ2n) is 5.38. The van der Waals surface area contributed by atoms with Crippen LogP contribution in [0.5, 0.6) is 0 Å². The number of halogens is 2. The smallest absolute Gasteiger partial charge is 0.171 e. The highest BCUT2D eigenvalue weighted by Gasteiger charge is 2.02. The topological polar surface area (TPSA) is 37.0 Å². The molecule has 3 nitrogen and oxygen atoms in total. The summed E-state index contributed by atoms with van der Waals surface area (Å²) in [5, 5.41) is 8.23. The van der Waals surface area contributed by atoms with Crippen molar-refractivity contribution >= 4 is 46.4 Å². The lowest BCUT2D eigenvalue weighted by atomic mass is 10.2. The molecule has 0 amide bonds. The summed E-state index contributed by atoms with van der Waals surface area (Å²) in [7, 11) is 0. The van der Waals surface area contributed by atoms with Crippen LogP contribution >= 0.6 is 35.6 Å². The van der Waals surface area contributed by atoms with Gasteiger partial charge in [-0.2, -0.15) is 0 Å². The van der Waals surface area contributed by atoms with E-state index >= 15 is 0 Å². The maximum Gasteiger partial charge on any atom is 0.171 e. The first-order chi connectivity index (χ1) is 12.6. The molecule has 0 spiro atoms. The van der Waals surface area contributed by atoms with E-state index in [0.717, 1.165) is 21.2 Å². The molecule has 0 aliphatic heterocycles. The van der Waals surface area contributed by atoms with E-state index in [4.69, 9.17) is 23.8 Å². The number of hydrogen-bond donors (Lipinski definition) is 2. The van der Waals surface area contributed by atoms with Gasteiger partial charge in [-0.15, -0.1) is 0 Å². The fraction of sp³-hybridized carbons (Fsp3) is 0.0526. The zero-order valence-electron chi connectivity index (χ0n) is 13.6. The van der Waals surface area contributed by atoms with Crippen molar-refractivity contribution in [2.75, 3.05) is 5.32 Å². The summed E-state index contributed by atoms with van der Waals surface area (Å²) < 4.78 is 12.9. The molecule has 0 fully saturated rings. The maximum absolute atomic E-state index is 12.9. The zero-order chi connectivity index (χ0) is 18.4. The predicted molar refractivity (Wildman–Crippen MR) is 109 cm³/mol. The van der Waals surface area contributed by atoms with Gasteiger partial charge < -0.3 is 10.6 Å². The number of hydrogen-bond acceptors (Lipinski definition) is 3. The number of anilines is 1. The maximum atomic E-state index is 12.9. The Kier molecular flexibility index (Phi) is 6.44. The number of nitrogens with one attached hydrogen (secondary N) is 2. The van der Waals surface area contributed by atoms with Crippen molar-refractivity contribution in [2.45, 2.75) is 16.5 Å². The second-order valence-corrected chi connectivity index (χ2v) is 7.31. The first-order valence-corrected chi connectivity index (χ1v) is 9.37. The fourth-order valence-corrected chi connectivity index (χ4v) is 3.17. The van der Waals surface area contributed by atoms with Crippen LogP contribution in [0.4, 0.5) is 10.1 Å². The first kappa shape index (κ1) is 18.6. The lowest BCUT2D eigenvalue weighted by Gasteiger charge is -2.11. The average Bonchev–Trinajstić information content (AvgIpc) is 2.65. The van der Waals surface area contributed by atoms with Crippen LogP contribution < -0.4 is 10.6 Å². The molecule has 0 aliphatic carbocycles. The minimum absolute atomic E-state index is 0.253. The van der Waals surface area contributed by atoms with Crippen LogP contribution in [0, 0.1) is 5.82 Å². The summed E-state index contributed by atoms with van der Waals surface area (Å²) in [5.74, 6) is -0.253. The number of pyridine rings is 1. The Hall–Kier alpha value is -2.15. The van der Waals surface area contributed by atoms with Crippen molar-refractivity contribution in [3.05, 3.63) is 83.3 Å². The van der Waals surface area contributed by atoms with Crippen LogP contribution in [0.3, 0.4) is 0 Å². The summed E-state index contributed by atoms with van der Waals surface area (Å²) in [6.45, 7) is 0.518. The van der Waals surface area contributed by atoms with Gasteiger partial charge in [0.15, 0.2) is 5.11 Å². The molecule has 0 aliphatic rings. The Morgan fingerprint density at radius 3 is 2.42 bits per heavy atom. The highest BCUT2D eigenvalue weighted by Crippen LogP contribution is 2.27. The van der Waals surface area contributed by atoms with Gasteiger partial charge >= 0.3 is 0 Å². The van der Waals surface area contributed by atoms with Gasteiger partial charge in [-0.05, 0) is 66.3 Å². The Balaban J connectivity index is 1.50. The third-order valence-corrected chi connectivity index (χ3v) is 4.85. The van der Waals surface area contributed by atoms with Gasteiger partial charge in [0.1, 0.15) is 10.8 Å². The van der Waals surface area contributed by atoms with Gasteiger partial charge in [0.2, 0.25) is 0 Å². The molecule has 0 atom stereocenters. The Morgan fingerprint density at radius 2 is 1.77 bits per heavy atom. The normalized spacial score (nSPS) is 10.4. The largest absolute Gasteiger partial charge is 0.358 e. The number of nitrogens with zero attached hydrogens (tertiary/aromatic N) is 1. The van der Waals surface area contributed by atoms with Crippen LogP contribution in [0.1, 0.15) is 5.56 Å².